The minimum atomic E-state index is -4.31. The molecule has 0 bridgehead atoms. The Morgan fingerprint density at radius 2 is 1.39 bits per heavy atom. The number of hydrogen-bond donors (Lipinski definition) is 1. The molecule has 1 aliphatic rings. The number of sulfonamides is 1. The topological polar surface area (TPSA) is 147 Å². The Kier molecular flexibility index (Phi) is 13.0. The summed E-state index contributed by atoms with van der Waals surface area (Å²) in [4.78, 5) is 14.1. The van der Waals surface area contributed by atoms with Crippen molar-refractivity contribution < 1.29 is 32.2 Å². The molecule has 0 saturated carbocycles. The molecule has 1 aromatic heterocycles. The fourth-order valence-electron chi connectivity index (χ4n) is 6.51. The fourth-order valence-corrected chi connectivity index (χ4v) is 9.13. The first-order chi connectivity index (χ1) is 27.3. The molecule has 1 unspecified atom stereocenters. The summed E-state index contributed by atoms with van der Waals surface area (Å²) in [7, 11) is 0.470. The van der Waals surface area contributed by atoms with Gasteiger partial charge in [-0.25, -0.2) is 13.2 Å². The summed E-state index contributed by atoms with van der Waals surface area (Å²) in [5, 5.41) is 16.6. The Morgan fingerprint density at radius 3 is 1.88 bits per heavy atom. The lowest BCUT2D eigenvalue weighted by molar-refractivity contribution is 0.0501. The summed E-state index contributed by atoms with van der Waals surface area (Å²) >= 11 is 3.64. The van der Waals surface area contributed by atoms with Gasteiger partial charge >= 0.3 is 6.09 Å². The minimum absolute atomic E-state index is 0.0147. The molecule has 0 radical (unpaired) electrons. The molecule has 5 aromatic rings. The molecule has 0 aliphatic heterocycles. The van der Waals surface area contributed by atoms with Crippen LogP contribution in [0.4, 0.5) is 4.79 Å². The number of allylic oxidation sites excluding steroid dienone is 1. The maximum absolute atomic E-state index is 15.4. The van der Waals surface area contributed by atoms with Crippen LogP contribution in [0.3, 0.4) is 0 Å². The third-order valence-electron chi connectivity index (χ3n) is 9.38. The zero-order chi connectivity index (χ0) is 40.7. The molecule has 300 valence electrons. The van der Waals surface area contributed by atoms with Crippen molar-refractivity contribution in [2.75, 3.05) is 21.3 Å². The molecule has 0 fully saturated rings. The van der Waals surface area contributed by atoms with Crippen molar-refractivity contribution in [3.05, 3.63) is 118 Å². The lowest BCUT2D eigenvalue weighted by Crippen LogP contribution is -2.39. The quantitative estimate of drug-likeness (QED) is 0.116. The molecule has 0 saturated heterocycles. The van der Waals surface area contributed by atoms with Gasteiger partial charge in [-0.2, -0.15) is 9.10 Å². The van der Waals surface area contributed by atoms with E-state index in [1.165, 1.54) is 9.10 Å². The Labute approximate surface area is 342 Å². The summed E-state index contributed by atoms with van der Waals surface area (Å²) in [5.74, 6) is 2.20. The molecule has 0 spiro atoms. The summed E-state index contributed by atoms with van der Waals surface area (Å²) in [6.07, 6.45) is 3.24. The van der Waals surface area contributed by atoms with Gasteiger partial charge in [-0.05, 0) is 131 Å². The second kappa shape index (κ2) is 17.9. The number of carbonyl (C=O) groups excluding carboxylic acids is 1. The lowest BCUT2D eigenvalue weighted by atomic mass is 9.88. The third kappa shape index (κ3) is 10.4. The molecule has 15 heteroatoms. The predicted octanol–water partition coefficient (Wildman–Crippen LogP) is 8.03. The average molecular weight is 860 g/mol. The van der Waals surface area contributed by atoms with Crippen LogP contribution in [0.25, 0.3) is 17.0 Å². The van der Waals surface area contributed by atoms with Crippen molar-refractivity contribution in [1.82, 2.24) is 29.8 Å². The number of rotatable bonds is 14. The van der Waals surface area contributed by atoms with Crippen LogP contribution in [-0.4, -0.2) is 72.0 Å². The van der Waals surface area contributed by atoms with Crippen molar-refractivity contribution in [2.24, 2.45) is 0 Å². The lowest BCUT2D eigenvalue weighted by Gasteiger charge is -2.28. The standard InChI is InChI=1S/C42H47BrN6O7S/c1-42(2,3)56-41(50)44-32-15-13-31(14-16-32)36-23-24-37(43)39(38(36)40-45-47-49(46-40)27-30-11-21-35(55-6)22-12-30)57(51,52)48(25-28-7-17-33(53-4)18-8-28)26-29-9-19-34(54-5)20-10-29/h7-13,17-24,32H,14-16,25-27H2,1-6H3,(H,44,50). The smallest absolute Gasteiger partial charge is 0.407 e. The highest BCUT2D eigenvalue weighted by atomic mass is 79.9. The van der Waals surface area contributed by atoms with Gasteiger partial charge in [0.1, 0.15) is 27.7 Å². The first kappa shape index (κ1) is 41.4. The first-order valence-corrected chi connectivity index (χ1v) is 20.7. The molecule has 1 atom stereocenters. The molecule has 1 N–H and O–H groups in total. The number of carbonyl (C=O) groups is 1. The van der Waals surface area contributed by atoms with Crippen LogP contribution in [0, 0.1) is 0 Å². The number of methoxy groups -OCH3 is 3. The summed E-state index contributed by atoms with van der Waals surface area (Å²) in [6, 6.07) is 25.6. The van der Waals surface area contributed by atoms with Crippen LogP contribution < -0.4 is 19.5 Å². The zero-order valence-electron chi connectivity index (χ0n) is 32.9. The highest BCUT2D eigenvalue weighted by Crippen LogP contribution is 2.42. The van der Waals surface area contributed by atoms with Gasteiger partial charge in [0.25, 0.3) is 0 Å². The van der Waals surface area contributed by atoms with Gasteiger partial charge in [0, 0.05) is 23.6 Å². The van der Waals surface area contributed by atoms with Crippen molar-refractivity contribution in [3.63, 3.8) is 0 Å². The SMILES string of the molecule is COc1ccc(CN(Cc2ccc(OC)cc2)S(=O)(=O)c2c(Br)ccc(C3=CCC(NC(=O)OC(C)(C)C)CC3)c2-c2nnn(Cc3ccc(OC)cc3)n2)cc1. The number of hydrogen-bond acceptors (Lipinski definition) is 10. The predicted molar refractivity (Wildman–Crippen MR) is 220 cm³/mol. The van der Waals surface area contributed by atoms with E-state index in [0.29, 0.717) is 52.9 Å². The highest BCUT2D eigenvalue weighted by Gasteiger charge is 2.34. The van der Waals surface area contributed by atoms with Gasteiger partial charge in [0.2, 0.25) is 15.8 Å². The molecule has 6 rings (SSSR count). The largest absolute Gasteiger partial charge is 0.497 e. The molecule has 1 heterocycles. The Hall–Kier alpha value is -5.25. The molecule has 4 aromatic carbocycles. The van der Waals surface area contributed by atoms with Crippen LogP contribution in [0.2, 0.25) is 0 Å². The van der Waals surface area contributed by atoms with Gasteiger partial charge in [-0.1, -0.05) is 48.5 Å². The fraction of sp³-hybridized carbons (Fsp3) is 0.333. The van der Waals surface area contributed by atoms with Crippen molar-refractivity contribution in [2.45, 2.75) is 76.2 Å². The maximum atomic E-state index is 15.4. The second-order valence-corrected chi connectivity index (χ2v) is 17.3. The summed E-state index contributed by atoms with van der Waals surface area (Å²) in [6.45, 7) is 5.89. The number of nitrogens with one attached hydrogen (secondary N) is 1. The van der Waals surface area contributed by atoms with Crippen molar-refractivity contribution in [1.29, 1.82) is 0 Å². The number of halogens is 1. The molecular weight excluding hydrogens is 812 g/mol. The molecule has 1 amide bonds. The molecule has 1 aliphatic carbocycles. The molecule has 13 nitrogen and oxygen atoms in total. The zero-order valence-corrected chi connectivity index (χ0v) is 35.3. The number of aromatic nitrogens is 4. The summed E-state index contributed by atoms with van der Waals surface area (Å²) in [5.41, 5.74) is 3.70. The van der Waals surface area contributed by atoms with Gasteiger partial charge in [-0.15, -0.1) is 10.2 Å². The van der Waals surface area contributed by atoms with E-state index >= 15 is 8.42 Å². The van der Waals surface area contributed by atoms with Gasteiger partial charge in [-0.3, -0.25) is 0 Å². The van der Waals surface area contributed by atoms with E-state index in [-0.39, 0.29) is 29.9 Å². The van der Waals surface area contributed by atoms with E-state index in [1.807, 2.05) is 81.4 Å². The highest BCUT2D eigenvalue weighted by molar-refractivity contribution is 9.10. The van der Waals surface area contributed by atoms with Crippen LogP contribution >= 0.6 is 15.9 Å². The van der Waals surface area contributed by atoms with E-state index in [4.69, 9.17) is 24.0 Å². The maximum Gasteiger partial charge on any atom is 0.407 e. The Morgan fingerprint density at radius 1 is 0.842 bits per heavy atom. The Bertz CT molecular complexity index is 2260. The monoisotopic (exact) mass is 858 g/mol. The summed E-state index contributed by atoms with van der Waals surface area (Å²) < 4.78 is 54.0. The third-order valence-corrected chi connectivity index (χ3v) is 12.2. The normalized spacial score (nSPS) is 14.5. The first-order valence-electron chi connectivity index (χ1n) is 18.4. The van der Waals surface area contributed by atoms with Gasteiger partial charge in [0.05, 0.1) is 33.4 Å². The van der Waals surface area contributed by atoms with Crippen LogP contribution in [-0.2, 0) is 34.4 Å². The van der Waals surface area contributed by atoms with Crippen LogP contribution in [0.1, 0.15) is 62.3 Å². The van der Waals surface area contributed by atoms with Crippen LogP contribution in [0.5, 0.6) is 17.2 Å². The number of benzene rings is 4. The van der Waals surface area contributed by atoms with E-state index < -0.39 is 21.7 Å². The number of amides is 1. The van der Waals surface area contributed by atoms with Gasteiger partial charge in [0.15, 0.2) is 0 Å². The number of nitrogens with zero attached hydrogens (tertiary/aromatic N) is 5. The Balaban J connectivity index is 1.44. The van der Waals surface area contributed by atoms with Crippen LogP contribution in [0.15, 0.2) is 100 Å². The number of tetrazole rings is 1. The van der Waals surface area contributed by atoms with Crippen molar-refractivity contribution >= 4 is 37.6 Å². The molecular formula is C42H47BrN6O7S. The van der Waals surface area contributed by atoms with E-state index in [0.717, 1.165) is 28.0 Å². The van der Waals surface area contributed by atoms with Crippen molar-refractivity contribution in [3.8, 4) is 28.6 Å². The second-order valence-electron chi connectivity index (χ2n) is 14.6. The van der Waals surface area contributed by atoms with E-state index in [9.17, 15) is 4.79 Å². The van der Waals surface area contributed by atoms with E-state index in [2.05, 4.69) is 31.6 Å². The number of alkyl carbamates (subject to hydrolysis) is 1. The number of ether oxygens (including phenoxy) is 4. The van der Waals surface area contributed by atoms with Gasteiger partial charge < -0.3 is 24.3 Å². The molecule has 57 heavy (non-hydrogen) atoms. The van der Waals surface area contributed by atoms with E-state index in [1.54, 1.807) is 51.7 Å². The minimum Gasteiger partial charge on any atom is -0.497 e. The average Bonchev–Trinajstić information content (AvgIpc) is 3.66.